The molecule has 0 aromatic heterocycles. The number of ether oxygens (including phenoxy) is 1. The van der Waals surface area contributed by atoms with Gasteiger partial charge in [0.1, 0.15) is 6.04 Å². The van der Waals surface area contributed by atoms with E-state index in [0.29, 0.717) is 25.3 Å². The van der Waals surface area contributed by atoms with Crippen molar-refractivity contribution in [3.05, 3.63) is 29.8 Å². The molecule has 1 fully saturated rings. The summed E-state index contributed by atoms with van der Waals surface area (Å²) in [5.74, 6) is -0.117. The van der Waals surface area contributed by atoms with Gasteiger partial charge in [0.25, 0.3) is 0 Å². The molecule has 1 aromatic rings. The van der Waals surface area contributed by atoms with Crippen molar-refractivity contribution in [1.29, 1.82) is 0 Å². The van der Waals surface area contributed by atoms with Crippen LogP contribution in [0, 0.1) is 0 Å². The second-order valence-corrected chi connectivity index (χ2v) is 7.00. The highest BCUT2D eigenvalue weighted by atomic mass is 16.5. The van der Waals surface area contributed by atoms with Gasteiger partial charge in [-0.3, -0.25) is 4.79 Å². The Bertz CT molecular complexity index is 601. The molecule has 2 rings (SSSR count). The van der Waals surface area contributed by atoms with E-state index in [0.717, 1.165) is 24.8 Å². The van der Waals surface area contributed by atoms with Gasteiger partial charge in [-0.15, -0.1) is 0 Å². The number of nitrogens with one attached hydrogen (secondary N) is 3. The van der Waals surface area contributed by atoms with E-state index in [2.05, 4.69) is 22.9 Å². The maximum Gasteiger partial charge on any atom is 0.319 e. The molecular weight excluding hydrogens is 318 g/mol. The number of anilines is 1. The Morgan fingerprint density at radius 1 is 1.32 bits per heavy atom. The first-order chi connectivity index (χ1) is 11.9. The van der Waals surface area contributed by atoms with E-state index in [4.69, 9.17) is 4.74 Å². The van der Waals surface area contributed by atoms with E-state index in [1.165, 1.54) is 0 Å². The Balaban J connectivity index is 1.97. The van der Waals surface area contributed by atoms with Crippen LogP contribution in [0.5, 0.6) is 0 Å². The molecule has 0 bridgehead atoms. The molecule has 1 aliphatic rings. The number of carbonyl (C=O) groups is 2. The molecule has 3 amide bonds. The van der Waals surface area contributed by atoms with Gasteiger partial charge in [0.15, 0.2) is 0 Å². The quantitative estimate of drug-likeness (QED) is 0.739. The smallest absolute Gasteiger partial charge is 0.319 e. The zero-order valence-electron chi connectivity index (χ0n) is 15.4. The van der Waals surface area contributed by atoms with Crippen LogP contribution in [0.25, 0.3) is 0 Å². The van der Waals surface area contributed by atoms with Gasteiger partial charge in [0.2, 0.25) is 5.91 Å². The Hall–Kier alpha value is -2.08. The number of para-hydroxylation sites is 1. The van der Waals surface area contributed by atoms with Gasteiger partial charge in [-0.1, -0.05) is 25.1 Å². The molecule has 25 heavy (non-hydrogen) atoms. The summed E-state index contributed by atoms with van der Waals surface area (Å²) < 4.78 is 5.93. The number of hydrogen-bond donors (Lipinski definition) is 3. The van der Waals surface area contributed by atoms with Crippen molar-refractivity contribution < 1.29 is 14.3 Å². The molecule has 0 radical (unpaired) electrons. The van der Waals surface area contributed by atoms with E-state index in [1.54, 1.807) is 0 Å². The first-order valence-corrected chi connectivity index (χ1v) is 8.98. The molecule has 1 aliphatic heterocycles. The van der Waals surface area contributed by atoms with Crippen molar-refractivity contribution >= 4 is 17.6 Å². The van der Waals surface area contributed by atoms with Gasteiger partial charge in [-0.2, -0.15) is 0 Å². The van der Waals surface area contributed by atoms with Gasteiger partial charge in [-0.05, 0) is 45.6 Å². The summed E-state index contributed by atoms with van der Waals surface area (Å²) in [6.45, 7) is 7.25. The van der Waals surface area contributed by atoms with E-state index in [-0.39, 0.29) is 17.5 Å². The minimum Gasteiger partial charge on any atom is -0.371 e. The summed E-state index contributed by atoms with van der Waals surface area (Å²) >= 11 is 0. The molecule has 0 aliphatic carbocycles. The van der Waals surface area contributed by atoms with Crippen LogP contribution in [0.3, 0.4) is 0 Å². The molecular formula is C19H29N3O3. The maximum atomic E-state index is 12.3. The van der Waals surface area contributed by atoms with Crippen molar-refractivity contribution in [1.82, 2.24) is 10.6 Å². The Morgan fingerprint density at radius 3 is 2.84 bits per heavy atom. The first kappa shape index (κ1) is 19.2. The highest BCUT2D eigenvalue weighted by Crippen LogP contribution is 2.21. The molecule has 1 aromatic carbocycles. The summed E-state index contributed by atoms with van der Waals surface area (Å²) in [7, 11) is 0. The molecule has 1 heterocycles. The zero-order valence-corrected chi connectivity index (χ0v) is 15.4. The van der Waals surface area contributed by atoms with Gasteiger partial charge in [0, 0.05) is 17.8 Å². The lowest BCUT2D eigenvalue weighted by Crippen LogP contribution is -2.47. The van der Waals surface area contributed by atoms with Crippen molar-refractivity contribution in [2.75, 3.05) is 11.9 Å². The summed E-state index contributed by atoms with van der Waals surface area (Å²) in [5.41, 5.74) is 1.39. The molecule has 0 saturated carbocycles. The van der Waals surface area contributed by atoms with Crippen LogP contribution >= 0.6 is 0 Å². The fourth-order valence-corrected chi connectivity index (χ4v) is 2.54. The number of urea groups is 1. The van der Waals surface area contributed by atoms with Crippen LogP contribution in [0.15, 0.2) is 24.3 Å². The van der Waals surface area contributed by atoms with E-state index < -0.39 is 6.04 Å². The number of hydrogen-bond acceptors (Lipinski definition) is 3. The third-order valence-corrected chi connectivity index (χ3v) is 4.58. The highest BCUT2D eigenvalue weighted by molar-refractivity contribution is 5.94. The van der Waals surface area contributed by atoms with Crippen LogP contribution in [0.2, 0.25) is 0 Å². The van der Waals surface area contributed by atoms with Crippen LogP contribution in [-0.2, 0) is 16.1 Å². The van der Waals surface area contributed by atoms with Gasteiger partial charge in [0.05, 0.1) is 12.2 Å². The molecule has 6 nitrogen and oxygen atoms in total. The fourth-order valence-electron chi connectivity index (χ4n) is 2.54. The predicted octanol–water partition coefficient (Wildman–Crippen LogP) is 3.18. The lowest BCUT2D eigenvalue weighted by Gasteiger charge is -2.24. The van der Waals surface area contributed by atoms with Gasteiger partial charge >= 0.3 is 6.03 Å². The summed E-state index contributed by atoms with van der Waals surface area (Å²) in [6.07, 6.45) is 3.42. The van der Waals surface area contributed by atoms with Crippen molar-refractivity contribution in [2.45, 2.75) is 64.7 Å². The second kappa shape index (κ2) is 8.85. The Labute approximate surface area is 149 Å². The normalized spacial score (nSPS) is 18.2. The minimum atomic E-state index is -0.482. The molecule has 3 N–H and O–H groups in total. The van der Waals surface area contributed by atoms with E-state index >= 15 is 0 Å². The third kappa shape index (κ3) is 6.05. The Morgan fingerprint density at radius 2 is 2.08 bits per heavy atom. The van der Waals surface area contributed by atoms with Crippen LogP contribution in [0.1, 0.15) is 52.0 Å². The summed E-state index contributed by atoms with van der Waals surface area (Å²) in [4.78, 5) is 24.2. The molecule has 1 saturated heterocycles. The number of benzene rings is 1. The van der Waals surface area contributed by atoms with Gasteiger partial charge < -0.3 is 20.7 Å². The molecule has 138 valence electrons. The largest absolute Gasteiger partial charge is 0.371 e. The van der Waals surface area contributed by atoms with Crippen LogP contribution in [-0.4, -0.2) is 30.1 Å². The summed E-state index contributed by atoms with van der Waals surface area (Å²) in [6, 6.07) is 6.70. The highest BCUT2D eigenvalue weighted by Gasteiger charge is 2.23. The lowest BCUT2D eigenvalue weighted by atomic mass is 10.1. The number of amides is 3. The van der Waals surface area contributed by atoms with Crippen molar-refractivity contribution in [2.24, 2.45) is 0 Å². The van der Waals surface area contributed by atoms with Crippen LogP contribution in [0.4, 0.5) is 10.5 Å². The fraction of sp³-hybridized carbons (Fsp3) is 0.579. The predicted molar refractivity (Wildman–Crippen MR) is 98.4 cm³/mol. The van der Waals surface area contributed by atoms with Gasteiger partial charge in [-0.25, -0.2) is 4.79 Å². The molecule has 1 atom stereocenters. The maximum absolute atomic E-state index is 12.3. The number of carbonyl (C=O) groups excluding carboxylic acids is 2. The second-order valence-electron chi connectivity index (χ2n) is 7.00. The van der Waals surface area contributed by atoms with E-state index in [1.807, 2.05) is 38.1 Å². The zero-order chi connectivity index (χ0) is 18.3. The average molecular weight is 347 g/mol. The molecule has 6 heteroatoms. The minimum absolute atomic E-state index is 0.117. The monoisotopic (exact) mass is 347 g/mol. The average Bonchev–Trinajstić information content (AvgIpc) is 2.79. The first-order valence-electron chi connectivity index (χ1n) is 8.98. The van der Waals surface area contributed by atoms with E-state index in [9.17, 15) is 9.59 Å². The topological polar surface area (TPSA) is 79.5 Å². The standard InChI is InChI=1S/C19H29N3O3/c1-4-19(2,3)25-13-14-9-5-6-10-15(14)21-18(24)22-16-11-7-8-12-20-17(16)23/h5-6,9-10,16H,4,7-8,11-13H2,1-3H3,(H,20,23)(H2,21,22,24)/t16-/m1/s1. The lowest BCUT2D eigenvalue weighted by molar-refractivity contribution is -0.122. The van der Waals surface area contributed by atoms with Crippen molar-refractivity contribution in [3.8, 4) is 0 Å². The van der Waals surface area contributed by atoms with Crippen LogP contribution < -0.4 is 16.0 Å². The SMILES string of the molecule is CCC(C)(C)OCc1ccccc1NC(=O)N[C@@H]1CCCCNC1=O. The summed E-state index contributed by atoms with van der Waals surface area (Å²) in [5, 5.41) is 8.43. The number of rotatable bonds is 6. The third-order valence-electron chi connectivity index (χ3n) is 4.58. The van der Waals surface area contributed by atoms with Crippen molar-refractivity contribution in [3.63, 3.8) is 0 Å². The molecule has 0 spiro atoms. The Kier molecular flexibility index (Phi) is 6.82. The molecule has 0 unspecified atom stereocenters.